The molecule has 2 rings (SSSR count). The smallest absolute Gasteiger partial charge is 0.173 e. The van der Waals surface area contributed by atoms with E-state index in [1.165, 1.54) is 76.0 Å². The second kappa shape index (κ2) is 8.18. The Hall–Kier alpha value is -0.350. The molecule has 1 aliphatic heterocycles. The first-order chi connectivity index (χ1) is 9.66. The largest absolute Gasteiger partial charge is 0.307 e. The molecule has 1 fully saturated rings. The fourth-order valence-corrected chi connectivity index (χ4v) is 4.56. The minimum absolute atomic E-state index is 0.0397. The SMILES string of the molecule is O=S1(=O)C=CC(NC2CCCCCCCCCCC2)C1. The van der Waals surface area contributed by atoms with Crippen LogP contribution >= 0.6 is 0 Å². The highest BCUT2D eigenvalue weighted by Gasteiger charge is 2.23. The van der Waals surface area contributed by atoms with Crippen LogP contribution in [0.15, 0.2) is 11.5 Å². The second-order valence-corrected chi connectivity index (χ2v) is 8.32. The summed E-state index contributed by atoms with van der Waals surface area (Å²) in [6.07, 6.45) is 16.4. The molecule has 1 unspecified atom stereocenters. The van der Waals surface area contributed by atoms with Gasteiger partial charge in [-0.1, -0.05) is 63.9 Å². The number of sulfone groups is 1. The molecular formula is C16H29NO2S. The molecule has 0 aromatic heterocycles. The lowest BCUT2D eigenvalue weighted by molar-refractivity contribution is 0.392. The third-order valence-corrected chi connectivity index (χ3v) is 5.88. The van der Waals surface area contributed by atoms with Crippen LogP contribution < -0.4 is 5.32 Å². The number of hydrogen-bond acceptors (Lipinski definition) is 3. The normalized spacial score (nSPS) is 29.7. The van der Waals surface area contributed by atoms with Crippen LogP contribution in [0, 0.1) is 0 Å². The van der Waals surface area contributed by atoms with Crippen LogP contribution in [0.1, 0.15) is 70.6 Å². The van der Waals surface area contributed by atoms with Gasteiger partial charge in [-0.3, -0.25) is 0 Å². The van der Waals surface area contributed by atoms with Gasteiger partial charge in [-0.05, 0) is 12.8 Å². The summed E-state index contributed by atoms with van der Waals surface area (Å²) in [5, 5.41) is 4.93. The lowest BCUT2D eigenvalue weighted by Crippen LogP contribution is -2.39. The van der Waals surface area contributed by atoms with Gasteiger partial charge in [-0.15, -0.1) is 0 Å². The third kappa shape index (κ3) is 5.96. The van der Waals surface area contributed by atoms with Crippen LogP contribution in [-0.4, -0.2) is 26.3 Å². The Bertz CT molecular complexity index is 391. The van der Waals surface area contributed by atoms with Gasteiger partial charge < -0.3 is 5.32 Å². The molecule has 1 saturated carbocycles. The molecule has 0 saturated heterocycles. The molecular weight excluding hydrogens is 270 g/mol. The summed E-state index contributed by atoms with van der Waals surface area (Å²) < 4.78 is 22.9. The molecule has 20 heavy (non-hydrogen) atoms. The number of rotatable bonds is 2. The molecule has 116 valence electrons. The molecule has 1 N–H and O–H groups in total. The van der Waals surface area contributed by atoms with E-state index in [4.69, 9.17) is 0 Å². The van der Waals surface area contributed by atoms with Crippen molar-refractivity contribution in [1.82, 2.24) is 5.32 Å². The van der Waals surface area contributed by atoms with E-state index in [9.17, 15) is 8.42 Å². The topological polar surface area (TPSA) is 46.2 Å². The minimum atomic E-state index is -2.93. The van der Waals surface area contributed by atoms with E-state index in [-0.39, 0.29) is 11.8 Å². The van der Waals surface area contributed by atoms with Crippen LogP contribution in [0.2, 0.25) is 0 Å². The van der Waals surface area contributed by atoms with Crippen molar-refractivity contribution in [3.63, 3.8) is 0 Å². The summed E-state index contributed by atoms with van der Waals surface area (Å²) >= 11 is 0. The fraction of sp³-hybridized carbons (Fsp3) is 0.875. The van der Waals surface area contributed by atoms with Crippen LogP contribution in [-0.2, 0) is 9.84 Å². The van der Waals surface area contributed by atoms with Gasteiger partial charge in [0, 0.05) is 17.5 Å². The van der Waals surface area contributed by atoms with E-state index in [0.29, 0.717) is 6.04 Å². The van der Waals surface area contributed by atoms with Gasteiger partial charge in [0.15, 0.2) is 9.84 Å². The quantitative estimate of drug-likeness (QED) is 0.848. The van der Waals surface area contributed by atoms with Gasteiger partial charge in [0.1, 0.15) is 0 Å². The average Bonchev–Trinajstić information content (AvgIpc) is 2.72. The highest BCUT2D eigenvalue weighted by Crippen LogP contribution is 2.18. The van der Waals surface area contributed by atoms with E-state index in [0.717, 1.165) is 0 Å². The average molecular weight is 299 g/mol. The number of nitrogens with one attached hydrogen (secondary N) is 1. The molecule has 1 atom stereocenters. The molecule has 0 bridgehead atoms. The van der Waals surface area contributed by atoms with Crippen molar-refractivity contribution in [2.45, 2.75) is 82.7 Å². The van der Waals surface area contributed by atoms with Crippen molar-refractivity contribution in [2.75, 3.05) is 5.75 Å². The summed E-state index contributed by atoms with van der Waals surface area (Å²) in [6, 6.07) is 0.537. The van der Waals surface area contributed by atoms with Crippen LogP contribution in [0.25, 0.3) is 0 Å². The zero-order valence-electron chi connectivity index (χ0n) is 12.5. The molecule has 0 amide bonds. The van der Waals surface area contributed by atoms with E-state index in [1.54, 1.807) is 0 Å². The Kier molecular flexibility index (Phi) is 6.56. The predicted molar refractivity (Wildman–Crippen MR) is 84.4 cm³/mol. The zero-order valence-corrected chi connectivity index (χ0v) is 13.3. The lowest BCUT2D eigenvalue weighted by atomic mass is 9.97. The summed E-state index contributed by atoms with van der Waals surface area (Å²) in [7, 11) is -2.93. The Morgan fingerprint density at radius 2 is 1.30 bits per heavy atom. The second-order valence-electron chi connectivity index (χ2n) is 6.39. The summed E-state index contributed by atoms with van der Waals surface area (Å²) in [5.41, 5.74) is 0. The van der Waals surface area contributed by atoms with Crippen molar-refractivity contribution in [2.24, 2.45) is 0 Å². The third-order valence-electron chi connectivity index (χ3n) is 4.49. The highest BCUT2D eigenvalue weighted by atomic mass is 32.2. The maximum Gasteiger partial charge on any atom is 0.173 e. The van der Waals surface area contributed by atoms with Gasteiger partial charge in [0.25, 0.3) is 0 Å². The molecule has 0 radical (unpaired) electrons. The summed E-state index contributed by atoms with van der Waals surface area (Å²) in [4.78, 5) is 0. The van der Waals surface area contributed by atoms with Crippen molar-refractivity contribution < 1.29 is 8.42 Å². The zero-order chi connectivity index (χ0) is 14.3. The maximum absolute atomic E-state index is 11.5. The van der Waals surface area contributed by atoms with Gasteiger partial charge in [-0.2, -0.15) is 0 Å². The predicted octanol–water partition coefficient (Wildman–Crippen LogP) is 3.56. The van der Waals surface area contributed by atoms with Gasteiger partial charge in [0.2, 0.25) is 0 Å². The molecule has 0 aromatic carbocycles. The van der Waals surface area contributed by atoms with Crippen molar-refractivity contribution >= 4 is 9.84 Å². The Morgan fingerprint density at radius 3 is 1.75 bits per heavy atom. The van der Waals surface area contributed by atoms with E-state index in [1.807, 2.05) is 6.08 Å². The van der Waals surface area contributed by atoms with E-state index in [2.05, 4.69) is 5.32 Å². The lowest BCUT2D eigenvalue weighted by Gasteiger charge is -2.22. The highest BCUT2D eigenvalue weighted by molar-refractivity contribution is 7.94. The van der Waals surface area contributed by atoms with Crippen LogP contribution in [0.3, 0.4) is 0 Å². The molecule has 0 spiro atoms. The van der Waals surface area contributed by atoms with E-state index < -0.39 is 9.84 Å². The van der Waals surface area contributed by atoms with Crippen molar-refractivity contribution in [3.8, 4) is 0 Å². The Labute approximate surface area is 124 Å². The molecule has 4 heteroatoms. The number of hydrogen-bond donors (Lipinski definition) is 1. The first-order valence-corrected chi connectivity index (χ1v) is 10.0. The fourth-order valence-electron chi connectivity index (χ4n) is 3.31. The molecule has 2 aliphatic rings. The standard InChI is InChI=1S/C16H29NO2S/c18-20(19)13-12-16(14-20)17-15-10-8-6-4-2-1-3-5-7-9-11-15/h12-13,15-17H,1-11,14H2. The first-order valence-electron chi connectivity index (χ1n) is 8.33. The minimum Gasteiger partial charge on any atom is -0.307 e. The van der Waals surface area contributed by atoms with Crippen molar-refractivity contribution in [3.05, 3.63) is 11.5 Å². The first kappa shape index (κ1) is 16.0. The van der Waals surface area contributed by atoms with Gasteiger partial charge >= 0.3 is 0 Å². The molecule has 3 nitrogen and oxygen atoms in total. The Morgan fingerprint density at radius 1 is 0.800 bits per heavy atom. The molecule has 1 aliphatic carbocycles. The van der Waals surface area contributed by atoms with Crippen LogP contribution in [0.5, 0.6) is 0 Å². The van der Waals surface area contributed by atoms with Gasteiger partial charge in [-0.25, -0.2) is 8.42 Å². The summed E-state index contributed by atoms with van der Waals surface area (Å²) in [5.74, 6) is 0.253. The Balaban J connectivity index is 1.79. The maximum atomic E-state index is 11.5. The summed E-state index contributed by atoms with van der Waals surface area (Å²) in [6.45, 7) is 0. The van der Waals surface area contributed by atoms with E-state index >= 15 is 0 Å². The van der Waals surface area contributed by atoms with Gasteiger partial charge in [0.05, 0.1) is 5.75 Å². The monoisotopic (exact) mass is 299 g/mol. The molecule has 0 aromatic rings. The molecule has 1 heterocycles. The van der Waals surface area contributed by atoms with Crippen LogP contribution in [0.4, 0.5) is 0 Å². The van der Waals surface area contributed by atoms with Crippen molar-refractivity contribution in [1.29, 1.82) is 0 Å².